The van der Waals surface area contributed by atoms with E-state index >= 15 is 0 Å². The van der Waals surface area contributed by atoms with Gasteiger partial charge in [-0.15, -0.1) is 0 Å². The maximum Gasteiger partial charge on any atom is 0.264 e. The van der Waals surface area contributed by atoms with Crippen molar-refractivity contribution in [2.24, 2.45) is 4.99 Å². The lowest BCUT2D eigenvalue weighted by molar-refractivity contribution is -0.115. The van der Waals surface area contributed by atoms with Gasteiger partial charge in [0.25, 0.3) is 5.91 Å². The Morgan fingerprint density at radius 2 is 2.04 bits per heavy atom. The van der Waals surface area contributed by atoms with Crippen LogP contribution >= 0.6 is 27.7 Å². The van der Waals surface area contributed by atoms with Crippen LogP contribution < -0.4 is 14.8 Å². The molecule has 0 aliphatic carbocycles. The number of methoxy groups -OCH3 is 1. The van der Waals surface area contributed by atoms with Crippen LogP contribution in [0.3, 0.4) is 0 Å². The van der Waals surface area contributed by atoms with E-state index in [9.17, 15) is 9.90 Å². The molecule has 0 aromatic heterocycles. The molecule has 1 heterocycles. The first-order valence-electron chi connectivity index (χ1n) is 8.09. The fraction of sp³-hybridized carbons (Fsp3) is 0.158. The summed E-state index contributed by atoms with van der Waals surface area (Å²) in [5.41, 5.74) is 1.44. The van der Waals surface area contributed by atoms with E-state index in [0.29, 0.717) is 26.9 Å². The van der Waals surface area contributed by atoms with Gasteiger partial charge >= 0.3 is 0 Å². The van der Waals surface area contributed by atoms with Crippen LogP contribution in [0.15, 0.2) is 50.8 Å². The molecule has 27 heavy (non-hydrogen) atoms. The summed E-state index contributed by atoms with van der Waals surface area (Å²) < 4.78 is 11.0. The number of amidine groups is 1. The van der Waals surface area contributed by atoms with E-state index in [1.807, 2.05) is 31.2 Å². The number of aromatic hydroxyl groups is 1. The van der Waals surface area contributed by atoms with E-state index in [1.165, 1.54) is 18.9 Å². The van der Waals surface area contributed by atoms with E-state index in [-0.39, 0.29) is 11.7 Å². The van der Waals surface area contributed by atoms with Gasteiger partial charge in [0.2, 0.25) is 0 Å². The van der Waals surface area contributed by atoms with Gasteiger partial charge in [0.15, 0.2) is 16.7 Å². The molecule has 0 atom stereocenters. The maximum atomic E-state index is 12.2. The molecule has 1 aliphatic rings. The predicted octanol–water partition coefficient (Wildman–Crippen LogP) is 4.45. The van der Waals surface area contributed by atoms with Crippen molar-refractivity contribution < 1.29 is 19.4 Å². The van der Waals surface area contributed by atoms with Crippen molar-refractivity contribution in [2.45, 2.75) is 6.92 Å². The molecule has 2 aromatic carbocycles. The number of carbonyl (C=O) groups is 1. The molecule has 0 unspecified atom stereocenters. The Morgan fingerprint density at radius 1 is 1.30 bits per heavy atom. The molecule has 1 aliphatic heterocycles. The molecule has 2 N–H and O–H groups in total. The highest BCUT2D eigenvalue weighted by atomic mass is 79.9. The summed E-state index contributed by atoms with van der Waals surface area (Å²) in [5.74, 6) is 0.883. The van der Waals surface area contributed by atoms with Gasteiger partial charge in [0.1, 0.15) is 5.75 Å². The average Bonchev–Trinajstić information content (AvgIpc) is 2.99. The zero-order chi connectivity index (χ0) is 19.4. The van der Waals surface area contributed by atoms with Gasteiger partial charge < -0.3 is 19.9 Å². The number of hydrogen-bond acceptors (Lipinski definition) is 6. The number of nitrogens with zero attached hydrogens (tertiary/aromatic N) is 1. The van der Waals surface area contributed by atoms with E-state index in [0.717, 1.165) is 17.0 Å². The molecule has 1 amide bonds. The molecule has 8 heteroatoms. The minimum absolute atomic E-state index is 0.0147. The van der Waals surface area contributed by atoms with Crippen molar-refractivity contribution >= 4 is 50.5 Å². The number of phenolic OH excluding ortho intramolecular Hbond substituents is 1. The number of amides is 1. The second kappa shape index (κ2) is 8.49. The van der Waals surface area contributed by atoms with Gasteiger partial charge in [-0.2, -0.15) is 0 Å². The van der Waals surface area contributed by atoms with Crippen LogP contribution in [0, 0.1) is 0 Å². The fourth-order valence-electron chi connectivity index (χ4n) is 2.37. The highest BCUT2D eigenvalue weighted by molar-refractivity contribution is 9.10. The lowest BCUT2D eigenvalue weighted by Gasteiger charge is -2.06. The molecule has 140 valence electrons. The second-order valence-corrected chi connectivity index (χ2v) is 7.35. The summed E-state index contributed by atoms with van der Waals surface area (Å²) in [6, 6.07) is 10.7. The molecule has 0 radical (unpaired) electrons. The number of nitrogens with one attached hydrogen (secondary N) is 1. The van der Waals surface area contributed by atoms with Crippen LogP contribution in [0.25, 0.3) is 6.08 Å². The van der Waals surface area contributed by atoms with Gasteiger partial charge in [-0.25, -0.2) is 4.99 Å². The molecule has 3 rings (SSSR count). The highest BCUT2D eigenvalue weighted by Gasteiger charge is 2.24. The standard InChI is InChI=1S/C19H17BrN2O4S/c1-3-26-13-6-4-12(5-7-13)21-19-22-18(24)16(27-19)10-11-8-14(20)17(23)15(9-11)25-2/h4-10,23H,3H2,1-2H3,(H,21,22,24). The van der Waals surface area contributed by atoms with Crippen molar-refractivity contribution in [3.63, 3.8) is 0 Å². The molecular weight excluding hydrogens is 432 g/mol. The molecule has 0 saturated carbocycles. The van der Waals surface area contributed by atoms with E-state index in [4.69, 9.17) is 9.47 Å². The van der Waals surface area contributed by atoms with Crippen LogP contribution in [0.1, 0.15) is 12.5 Å². The number of halogens is 1. The summed E-state index contributed by atoms with van der Waals surface area (Å²) in [5, 5.41) is 13.1. The van der Waals surface area contributed by atoms with E-state index < -0.39 is 0 Å². The normalized spacial score (nSPS) is 16.6. The van der Waals surface area contributed by atoms with Crippen molar-refractivity contribution in [3.05, 3.63) is 51.3 Å². The Labute approximate surface area is 169 Å². The largest absolute Gasteiger partial charge is 0.503 e. The van der Waals surface area contributed by atoms with Crippen molar-refractivity contribution in [1.29, 1.82) is 0 Å². The SMILES string of the molecule is CCOc1ccc(N=C2NC(=O)C(=Cc3cc(Br)c(O)c(OC)c3)S2)cc1. The van der Waals surface area contributed by atoms with Gasteiger partial charge in [-0.05, 0) is 82.7 Å². The van der Waals surface area contributed by atoms with Gasteiger partial charge in [0.05, 0.1) is 28.8 Å². The second-order valence-electron chi connectivity index (χ2n) is 5.46. The molecule has 1 fully saturated rings. The zero-order valence-corrected chi connectivity index (χ0v) is 17.1. The Hall–Kier alpha value is -2.45. The quantitative estimate of drug-likeness (QED) is 0.660. The molecule has 0 spiro atoms. The monoisotopic (exact) mass is 448 g/mol. The Bertz CT molecular complexity index is 926. The first-order valence-corrected chi connectivity index (χ1v) is 9.70. The fourth-order valence-corrected chi connectivity index (χ4v) is 3.67. The minimum Gasteiger partial charge on any atom is -0.503 e. The number of carbonyl (C=O) groups excluding carboxylic acids is 1. The van der Waals surface area contributed by atoms with Crippen molar-refractivity contribution in [1.82, 2.24) is 5.32 Å². The third kappa shape index (κ3) is 4.64. The number of thioether (sulfide) groups is 1. The number of rotatable bonds is 5. The number of ether oxygens (including phenoxy) is 2. The maximum absolute atomic E-state index is 12.2. The van der Waals surface area contributed by atoms with Crippen molar-refractivity contribution in [2.75, 3.05) is 13.7 Å². The zero-order valence-electron chi connectivity index (χ0n) is 14.7. The average molecular weight is 449 g/mol. The summed E-state index contributed by atoms with van der Waals surface area (Å²) >= 11 is 4.52. The van der Waals surface area contributed by atoms with Gasteiger partial charge in [0, 0.05) is 0 Å². The van der Waals surface area contributed by atoms with E-state index in [2.05, 4.69) is 26.2 Å². The smallest absolute Gasteiger partial charge is 0.264 e. The molecule has 6 nitrogen and oxygen atoms in total. The van der Waals surface area contributed by atoms with Gasteiger partial charge in [-0.1, -0.05) is 0 Å². The predicted molar refractivity (Wildman–Crippen MR) is 111 cm³/mol. The highest BCUT2D eigenvalue weighted by Crippen LogP contribution is 2.37. The van der Waals surface area contributed by atoms with Crippen LogP contribution in [0.5, 0.6) is 17.2 Å². The van der Waals surface area contributed by atoms with Crippen LogP contribution in [0.4, 0.5) is 5.69 Å². The first-order chi connectivity index (χ1) is 13.0. The Kier molecular flexibility index (Phi) is 6.08. The number of hydrogen-bond donors (Lipinski definition) is 2. The van der Waals surface area contributed by atoms with Crippen LogP contribution in [-0.4, -0.2) is 29.9 Å². The van der Waals surface area contributed by atoms with E-state index in [1.54, 1.807) is 18.2 Å². The molecule has 2 aromatic rings. The summed E-state index contributed by atoms with van der Waals surface area (Å²) in [7, 11) is 1.47. The summed E-state index contributed by atoms with van der Waals surface area (Å²) in [6.07, 6.45) is 1.72. The lowest BCUT2D eigenvalue weighted by Crippen LogP contribution is -2.19. The Morgan fingerprint density at radius 3 is 2.70 bits per heavy atom. The van der Waals surface area contributed by atoms with Crippen LogP contribution in [0.2, 0.25) is 0 Å². The molecule has 1 saturated heterocycles. The summed E-state index contributed by atoms with van der Waals surface area (Å²) in [6.45, 7) is 2.53. The van der Waals surface area contributed by atoms with Crippen LogP contribution in [-0.2, 0) is 4.79 Å². The number of aliphatic imine (C=N–C) groups is 1. The Balaban J connectivity index is 1.81. The molecule has 0 bridgehead atoms. The topological polar surface area (TPSA) is 80.2 Å². The third-order valence-corrected chi connectivity index (χ3v) is 5.11. The number of phenols is 1. The third-order valence-electron chi connectivity index (χ3n) is 3.60. The first kappa shape index (κ1) is 19.3. The number of benzene rings is 2. The molecular formula is C19H17BrN2O4S. The van der Waals surface area contributed by atoms with Gasteiger partial charge in [-0.3, -0.25) is 4.79 Å². The summed E-state index contributed by atoms with van der Waals surface area (Å²) in [4.78, 5) is 17.2. The minimum atomic E-state index is -0.229. The van der Waals surface area contributed by atoms with Crippen molar-refractivity contribution in [3.8, 4) is 17.2 Å². The lowest BCUT2D eigenvalue weighted by atomic mass is 10.2.